The van der Waals surface area contributed by atoms with Gasteiger partial charge in [-0.25, -0.2) is 4.98 Å². The van der Waals surface area contributed by atoms with Gasteiger partial charge in [-0.15, -0.1) is 23.4 Å². The highest BCUT2D eigenvalue weighted by Gasteiger charge is 2.17. The van der Waals surface area contributed by atoms with E-state index in [1.807, 2.05) is 36.4 Å². The first-order valence-electron chi connectivity index (χ1n) is 6.81. The van der Waals surface area contributed by atoms with E-state index in [4.69, 9.17) is 16.3 Å². The zero-order valence-electron chi connectivity index (χ0n) is 12.8. The lowest BCUT2D eigenvalue weighted by molar-refractivity contribution is 0.450. The Bertz CT molecular complexity index is 605. The van der Waals surface area contributed by atoms with Crippen molar-refractivity contribution in [1.29, 1.82) is 0 Å². The molecule has 2 nitrogen and oxygen atoms in total. The maximum atomic E-state index is 5.98. The molecule has 0 aliphatic carbocycles. The number of pyridine rings is 1. The third-order valence-corrected chi connectivity index (χ3v) is 4.12. The summed E-state index contributed by atoms with van der Waals surface area (Å²) >= 11 is 7.68. The van der Waals surface area contributed by atoms with E-state index >= 15 is 0 Å². The molecule has 112 valence electrons. The monoisotopic (exact) mass is 321 g/mol. The van der Waals surface area contributed by atoms with Crippen LogP contribution in [0, 0.1) is 0 Å². The van der Waals surface area contributed by atoms with Crippen LogP contribution in [0.3, 0.4) is 0 Å². The Kier molecular flexibility index (Phi) is 5.17. The molecule has 1 aromatic heterocycles. The molecule has 0 fully saturated rings. The second-order valence-corrected chi connectivity index (χ2v) is 7.01. The summed E-state index contributed by atoms with van der Waals surface area (Å²) in [5.74, 6) is 1.83. The van der Waals surface area contributed by atoms with Crippen LogP contribution in [0.4, 0.5) is 0 Å². The molecule has 0 unspecified atom stereocenters. The molecule has 0 aliphatic rings. The van der Waals surface area contributed by atoms with Crippen molar-refractivity contribution in [3.05, 3.63) is 47.7 Å². The van der Waals surface area contributed by atoms with Crippen molar-refractivity contribution in [2.24, 2.45) is 0 Å². The average molecular weight is 322 g/mol. The minimum atomic E-state index is -0.0388. The number of rotatable bonds is 4. The molecular weight excluding hydrogens is 302 g/mol. The van der Waals surface area contributed by atoms with Crippen molar-refractivity contribution in [1.82, 2.24) is 4.98 Å². The van der Waals surface area contributed by atoms with Crippen LogP contribution in [0.15, 0.2) is 41.3 Å². The largest absolute Gasteiger partial charge is 0.439 e. The smallest absolute Gasteiger partial charge is 0.219 e. The molecule has 21 heavy (non-hydrogen) atoms. The van der Waals surface area contributed by atoms with Gasteiger partial charge in [-0.1, -0.05) is 20.8 Å². The summed E-state index contributed by atoms with van der Waals surface area (Å²) in [6.07, 6.45) is 2.05. The lowest BCUT2D eigenvalue weighted by Gasteiger charge is -2.19. The summed E-state index contributed by atoms with van der Waals surface area (Å²) in [6, 6.07) is 11.9. The Hall–Kier alpha value is -1.19. The van der Waals surface area contributed by atoms with Crippen molar-refractivity contribution >= 4 is 23.4 Å². The number of alkyl halides is 1. The summed E-state index contributed by atoms with van der Waals surface area (Å²) in [6.45, 7) is 6.39. The molecule has 2 aromatic rings. The highest BCUT2D eigenvalue weighted by atomic mass is 35.5. The van der Waals surface area contributed by atoms with Crippen molar-refractivity contribution < 1.29 is 4.74 Å². The zero-order valence-corrected chi connectivity index (χ0v) is 14.4. The van der Waals surface area contributed by atoms with Crippen LogP contribution >= 0.6 is 23.4 Å². The quantitative estimate of drug-likeness (QED) is 0.538. The van der Waals surface area contributed by atoms with Gasteiger partial charge in [0.05, 0.1) is 5.69 Å². The number of ether oxygens (including phenoxy) is 1. The fourth-order valence-corrected chi connectivity index (χ4v) is 2.40. The van der Waals surface area contributed by atoms with Crippen LogP contribution < -0.4 is 4.74 Å². The van der Waals surface area contributed by atoms with Crippen LogP contribution in [0.25, 0.3) is 0 Å². The second-order valence-electron chi connectivity index (χ2n) is 5.86. The van der Waals surface area contributed by atoms with E-state index in [0.29, 0.717) is 11.8 Å². The van der Waals surface area contributed by atoms with E-state index in [-0.39, 0.29) is 5.41 Å². The molecule has 0 amide bonds. The topological polar surface area (TPSA) is 22.1 Å². The summed E-state index contributed by atoms with van der Waals surface area (Å²) in [7, 11) is 0. The van der Waals surface area contributed by atoms with E-state index in [1.165, 1.54) is 4.90 Å². The number of hydrogen-bond donors (Lipinski definition) is 0. The first-order chi connectivity index (χ1) is 9.92. The Morgan fingerprint density at radius 1 is 1.14 bits per heavy atom. The summed E-state index contributed by atoms with van der Waals surface area (Å²) in [5, 5.41) is 0. The molecule has 0 aliphatic heterocycles. The summed E-state index contributed by atoms with van der Waals surface area (Å²) in [5.41, 5.74) is 1.96. The van der Waals surface area contributed by atoms with Crippen molar-refractivity contribution in [2.75, 3.05) is 6.26 Å². The van der Waals surface area contributed by atoms with Crippen LogP contribution in [0.2, 0.25) is 0 Å². The van der Waals surface area contributed by atoms with Gasteiger partial charge in [0.15, 0.2) is 0 Å². The van der Waals surface area contributed by atoms with Crippen molar-refractivity contribution in [3.8, 4) is 11.6 Å². The molecule has 2 rings (SSSR count). The lowest BCUT2D eigenvalue weighted by Crippen LogP contribution is -2.14. The summed E-state index contributed by atoms with van der Waals surface area (Å²) in [4.78, 5) is 5.81. The molecule has 0 saturated heterocycles. The van der Waals surface area contributed by atoms with Gasteiger partial charge >= 0.3 is 0 Å². The zero-order chi connectivity index (χ0) is 15.5. The Labute approximate surface area is 135 Å². The molecule has 0 N–H and O–H groups in total. The predicted octanol–water partition coefficient (Wildman–Crippen LogP) is 5.63. The average Bonchev–Trinajstić information content (AvgIpc) is 2.46. The molecule has 4 heteroatoms. The van der Waals surface area contributed by atoms with Crippen LogP contribution in [0.1, 0.15) is 32.0 Å². The molecule has 0 saturated carbocycles. The number of benzene rings is 1. The van der Waals surface area contributed by atoms with Crippen molar-refractivity contribution in [2.45, 2.75) is 37.0 Å². The van der Waals surface area contributed by atoms with E-state index < -0.39 is 0 Å². The van der Waals surface area contributed by atoms with Gasteiger partial charge in [0.2, 0.25) is 5.88 Å². The number of nitrogens with zero attached hydrogens (tertiary/aromatic N) is 1. The third kappa shape index (κ3) is 4.39. The maximum Gasteiger partial charge on any atom is 0.219 e. The predicted molar refractivity (Wildman–Crippen MR) is 90.8 cm³/mol. The first kappa shape index (κ1) is 16.2. The maximum absolute atomic E-state index is 5.98. The van der Waals surface area contributed by atoms with Gasteiger partial charge in [-0.3, -0.25) is 0 Å². The van der Waals surface area contributed by atoms with E-state index in [0.717, 1.165) is 17.0 Å². The highest BCUT2D eigenvalue weighted by molar-refractivity contribution is 7.98. The number of halogens is 1. The molecule has 0 bridgehead atoms. The summed E-state index contributed by atoms with van der Waals surface area (Å²) < 4.78 is 5.88. The van der Waals surface area contributed by atoms with Gasteiger partial charge in [-0.2, -0.15) is 0 Å². The lowest BCUT2D eigenvalue weighted by atomic mass is 9.91. The fraction of sp³-hybridized carbons (Fsp3) is 0.353. The van der Waals surface area contributed by atoms with Gasteiger partial charge in [-0.05, 0) is 42.2 Å². The highest BCUT2D eigenvalue weighted by Crippen LogP contribution is 2.28. The first-order valence-corrected chi connectivity index (χ1v) is 8.57. The Balaban J connectivity index is 2.29. The van der Waals surface area contributed by atoms with Crippen LogP contribution in [0.5, 0.6) is 11.6 Å². The van der Waals surface area contributed by atoms with Crippen LogP contribution in [-0.2, 0) is 11.3 Å². The van der Waals surface area contributed by atoms with Gasteiger partial charge in [0.25, 0.3) is 0 Å². The van der Waals surface area contributed by atoms with Gasteiger partial charge < -0.3 is 4.74 Å². The number of thioether (sulfide) groups is 1. The standard InChI is InChI=1S/C17H20ClNOS/c1-17(2,3)15-9-12(11-18)10-16(19-15)20-13-5-7-14(21-4)8-6-13/h5-10H,11H2,1-4H3. The Morgan fingerprint density at radius 3 is 2.33 bits per heavy atom. The SMILES string of the molecule is CSc1ccc(Oc2cc(CCl)cc(C(C)(C)C)n2)cc1. The van der Waals surface area contributed by atoms with Gasteiger partial charge in [0, 0.05) is 22.3 Å². The molecule has 0 radical (unpaired) electrons. The molecule has 1 heterocycles. The number of hydrogen-bond acceptors (Lipinski definition) is 3. The van der Waals surface area contributed by atoms with E-state index in [2.05, 4.69) is 32.0 Å². The van der Waals surface area contributed by atoms with E-state index in [9.17, 15) is 0 Å². The minimum absolute atomic E-state index is 0.0388. The molecule has 1 aromatic carbocycles. The molecule has 0 atom stereocenters. The fourth-order valence-electron chi connectivity index (χ4n) is 1.84. The number of aromatic nitrogens is 1. The van der Waals surface area contributed by atoms with Crippen LogP contribution in [-0.4, -0.2) is 11.2 Å². The van der Waals surface area contributed by atoms with Crippen molar-refractivity contribution in [3.63, 3.8) is 0 Å². The second kappa shape index (κ2) is 6.71. The van der Waals surface area contributed by atoms with Gasteiger partial charge in [0.1, 0.15) is 5.75 Å². The minimum Gasteiger partial charge on any atom is -0.439 e. The van der Waals surface area contributed by atoms with E-state index in [1.54, 1.807) is 11.8 Å². The molecular formula is C17H20ClNOS. The Morgan fingerprint density at radius 2 is 1.81 bits per heavy atom. The normalized spacial score (nSPS) is 11.5. The third-order valence-electron chi connectivity index (χ3n) is 3.07. The molecule has 0 spiro atoms.